The molecule has 0 amide bonds. The van der Waals surface area contributed by atoms with Crippen LogP contribution in [0.2, 0.25) is 0 Å². The van der Waals surface area contributed by atoms with Crippen LogP contribution in [0.25, 0.3) is 11.3 Å². The summed E-state index contributed by atoms with van der Waals surface area (Å²) in [4.78, 5) is 0.834. The molecule has 0 radical (unpaired) electrons. The van der Waals surface area contributed by atoms with Gasteiger partial charge in [0.25, 0.3) is 0 Å². The SMILES string of the molecule is C/C(=N\N=c1/scc(-c2ccccc2)n1Cc1ccco1)c1ccccc1. The van der Waals surface area contributed by atoms with Gasteiger partial charge in [0.2, 0.25) is 4.80 Å². The molecule has 0 aliphatic rings. The normalized spacial score (nSPS) is 12.5. The number of hydrogen-bond acceptors (Lipinski definition) is 4. The zero-order valence-corrected chi connectivity index (χ0v) is 15.8. The molecule has 0 bridgehead atoms. The molecule has 0 spiro atoms. The Labute approximate surface area is 161 Å². The number of hydrogen-bond donors (Lipinski definition) is 0. The van der Waals surface area contributed by atoms with E-state index in [9.17, 15) is 0 Å². The van der Waals surface area contributed by atoms with Gasteiger partial charge in [-0.1, -0.05) is 60.7 Å². The monoisotopic (exact) mass is 373 g/mol. The van der Waals surface area contributed by atoms with Gasteiger partial charge in [-0.25, -0.2) is 0 Å². The Kier molecular flexibility index (Phi) is 5.12. The number of rotatable bonds is 5. The molecule has 134 valence electrons. The molecule has 4 aromatic rings. The fraction of sp³-hybridized carbons (Fsp3) is 0.0909. The first kappa shape index (κ1) is 17.2. The maximum atomic E-state index is 5.55. The summed E-state index contributed by atoms with van der Waals surface area (Å²) in [6, 6.07) is 24.3. The van der Waals surface area contributed by atoms with E-state index in [0.717, 1.165) is 33.1 Å². The Bertz CT molecular complexity index is 1090. The third kappa shape index (κ3) is 3.99. The molecule has 0 saturated heterocycles. The fourth-order valence-corrected chi connectivity index (χ4v) is 3.67. The highest BCUT2D eigenvalue weighted by molar-refractivity contribution is 7.07. The van der Waals surface area contributed by atoms with Gasteiger partial charge in [-0.3, -0.25) is 0 Å². The van der Waals surface area contributed by atoms with Crippen molar-refractivity contribution in [1.29, 1.82) is 0 Å². The average Bonchev–Trinajstić information content (AvgIpc) is 3.38. The standard InChI is InChI=1S/C22H19N3OS/c1-17(18-9-4-2-5-10-18)23-24-22-25(15-20-13-8-14-26-20)21(16-27-22)19-11-6-3-7-12-19/h2-14,16H,15H2,1H3/b23-17+,24-22-. The summed E-state index contributed by atoms with van der Waals surface area (Å²) in [7, 11) is 0. The van der Waals surface area contributed by atoms with Crippen LogP contribution >= 0.6 is 11.3 Å². The molecule has 0 unspecified atom stereocenters. The van der Waals surface area contributed by atoms with E-state index in [1.165, 1.54) is 0 Å². The van der Waals surface area contributed by atoms with E-state index in [1.807, 2.05) is 67.6 Å². The average molecular weight is 373 g/mol. The molecule has 27 heavy (non-hydrogen) atoms. The second-order valence-corrected chi connectivity index (χ2v) is 6.92. The Morgan fingerprint density at radius 1 is 0.963 bits per heavy atom. The number of thiazole rings is 1. The number of benzene rings is 2. The maximum Gasteiger partial charge on any atom is 0.211 e. The number of nitrogens with zero attached hydrogens (tertiary/aromatic N) is 3. The Morgan fingerprint density at radius 3 is 2.41 bits per heavy atom. The summed E-state index contributed by atoms with van der Waals surface area (Å²) in [6.07, 6.45) is 1.69. The molecule has 0 aliphatic heterocycles. The molecule has 2 heterocycles. The van der Waals surface area contributed by atoms with Gasteiger partial charge in [-0.2, -0.15) is 5.10 Å². The van der Waals surface area contributed by atoms with Crippen molar-refractivity contribution in [2.24, 2.45) is 10.2 Å². The highest BCUT2D eigenvalue weighted by Crippen LogP contribution is 2.21. The van der Waals surface area contributed by atoms with E-state index < -0.39 is 0 Å². The van der Waals surface area contributed by atoms with Crippen LogP contribution < -0.4 is 4.80 Å². The lowest BCUT2D eigenvalue weighted by Gasteiger charge is -2.07. The minimum Gasteiger partial charge on any atom is -0.467 e. The topological polar surface area (TPSA) is 42.8 Å². The smallest absolute Gasteiger partial charge is 0.211 e. The van der Waals surface area contributed by atoms with E-state index in [2.05, 4.69) is 32.3 Å². The fourth-order valence-electron chi connectivity index (χ4n) is 2.82. The molecule has 0 fully saturated rings. The molecule has 0 saturated carbocycles. The third-order valence-corrected chi connectivity index (χ3v) is 5.09. The maximum absolute atomic E-state index is 5.55. The van der Waals surface area contributed by atoms with Crippen LogP contribution in [0.4, 0.5) is 0 Å². The van der Waals surface area contributed by atoms with Gasteiger partial charge in [0.15, 0.2) is 0 Å². The first-order chi connectivity index (χ1) is 13.3. The van der Waals surface area contributed by atoms with Crippen molar-refractivity contribution in [3.63, 3.8) is 0 Å². The van der Waals surface area contributed by atoms with Gasteiger partial charge >= 0.3 is 0 Å². The lowest BCUT2D eigenvalue weighted by molar-refractivity contribution is 0.491. The molecule has 4 rings (SSSR count). The highest BCUT2D eigenvalue weighted by Gasteiger charge is 2.10. The van der Waals surface area contributed by atoms with Gasteiger partial charge in [0, 0.05) is 5.38 Å². The molecule has 0 atom stereocenters. The predicted molar refractivity (Wildman–Crippen MR) is 110 cm³/mol. The van der Waals surface area contributed by atoms with Gasteiger partial charge in [0.1, 0.15) is 5.76 Å². The van der Waals surface area contributed by atoms with Crippen molar-refractivity contribution in [1.82, 2.24) is 4.57 Å². The van der Waals surface area contributed by atoms with Crippen LogP contribution in [0.15, 0.2) is 99.1 Å². The Balaban J connectivity index is 1.77. The summed E-state index contributed by atoms with van der Waals surface area (Å²) in [5, 5.41) is 11.1. The van der Waals surface area contributed by atoms with Crippen LogP contribution in [0.5, 0.6) is 0 Å². The lowest BCUT2D eigenvalue weighted by Crippen LogP contribution is -2.16. The molecular formula is C22H19N3OS. The van der Waals surface area contributed by atoms with Gasteiger partial charge in [-0.05, 0) is 30.2 Å². The Hall–Kier alpha value is -3.18. The van der Waals surface area contributed by atoms with E-state index in [0.29, 0.717) is 6.54 Å². The van der Waals surface area contributed by atoms with Crippen molar-refractivity contribution in [3.05, 3.63) is 101 Å². The summed E-state index contributed by atoms with van der Waals surface area (Å²) in [5.41, 5.74) is 4.20. The van der Waals surface area contributed by atoms with E-state index in [4.69, 9.17) is 4.42 Å². The zero-order chi connectivity index (χ0) is 18.5. The van der Waals surface area contributed by atoms with Gasteiger partial charge in [0.05, 0.1) is 24.2 Å². The second-order valence-electron chi connectivity index (χ2n) is 6.09. The molecular weight excluding hydrogens is 354 g/mol. The molecule has 0 N–H and O–H groups in total. The van der Waals surface area contributed by atoms with Crippen molar-refractivity contribution in [2.75, 3.05) is 0 Å². The van der Waals surface area contributed by atoms with Crippen molar-refractivity contribution < 1.29 is 4.42 Å². The first-order valence-corrected chi connectivity index (χ1v) is 9.59. The molecule has 5 heteroatoms. The summed E-state index contributed by atoms with van der Waals surface area (Å²) in [5.74, 6) is 0.885. The summed E-state index contributed by atoms with van der Waals surface area (Å²) >= 11 is 1.58. The zero-order valence-electron chi connectivity index (χ0n) is 14.9. The van der Waals surface area contributed by atoms with Crippen LogP contribution in [-0.4, -0.2) is 10.3 Å². The molecule has 4 nitrogen and oxygen atoms in total. The minimum absolute atomic E-state index is 0.611. The number of aromatic nitrogens is 1. The number of furan rings is 1. The summed E-state index contributed by atoms with van der Waals surface area (Å²) in [6.45, 7) is 2.58. The third-order valence-electron chi connectivity index (χ3n) is 4.24. The van der Waals surface area contributed by atoms with E-state index >= 15 is 0 Å². The largest absolute Gasteiger partial charge is 0.467 e. The lowest BCUT2D eigenvalue weighted by atomic mass is 10.1. The van der Waals surface area contributed by atoms with Gasteiger partial charge in [-0.15, -0.1) is 16.4 Å². The predicted octanol–water partition coefficient (Wildman–Crippen LogP) is 5.18. The second kappa shape index (κ2) is 8.01. The quantitative estimate of drug-likeness (QED) is 0.351. The van der Waals surface area contributed by atoms with Crippen molar-refractivity contribution in [3.8, 4) is 11.3 Å². The molecule has 0 aliphatic carbocycles. The first-order valence-electron chi connectivity index (χ1n) is 8.71. The van der Waals surface area contributed by atoms with Crippen LogP contribution in [0.1, 0.15) is 18.2 Å². The minimum atomic E-state index is 0.611. The Morgan fingerprint density at radius 2 is 1.70 bits per heavy atom. The van der Waals surface area contributed by atoms with Crippen molar-refractivity contribution >= 4 is 17.0 Å². The van der Waals surface area contributed by atoms with Crippen LogP contribution in [-0.2, 0) is 6.54 Å². The highest BCUT2D eigenvalue weighted by atomic mass is 32.1. The van der Waals surface area contributed by atoms with E-state index in [-0.39, 0.29) is 0 Å². The van der Waals surface area contributed by atoms with Crippen molar-refractivity contribution in [2.45, 2.75) is 13.5 Å². The molecule has 2 aromatic carbocycles. The van der Waals surface area contributed by atoms with Crippen LogP contribution in [0, 0.1) is 0 Å². The summed E-state index contributed by atoms with van der Waals surface area (Å²) < 4.78 is 7.69. The van der Waals surface area contributed by atoms with E-state index in [1.54, 1.807) is 17.6 Å². The molecule has 2 aromatic heterocycles. The van der Waals surface area contributed by atoms with Gasteiger partial charge < -0.3 is 8.98 Å². The van der Waals surface area contributed by atoms with Crippen LogP contribution in [0.3, 0.4) is 0 Å².